The number of ether oxygens (including phenoxy) is 2. The number of H-pyrrole nitrogens is 1. The monoisotopic (exact) mass is 307 g/mol. The van der Waals surface area contributed by atoms with Crippen molar-refractivity contribution in [3.63, 3.8) is 0 Å². The number of nitrogens with one attached hydrogen (secondary N) is 2. The molecule has 0 spiro atoms. The minimum Gasteiger partial charge on any atom is -0.358 e. The summed E-state index contributed by atoms with van der Waals surface area (Å²) in [5, 5.41) is 14.1. The van der Waals surface area contributed by atoms with Crippen molar-refractivity contribution in [2.24, 2.45) is 0 Å². The van der Waals surface area contributed by atoms with Gasteiger partial charge in [-0.2, -0.15) is 0 Å². The fourth-order valence-corrected chi connectivity index (χ4v) is 2.08. The lowest BCUT2D eigenvalue weighted by Gasteiger charge is -2.13. The summed E-state index contributed by atoms with van der Waals surface area (Å²) in [5.41, 5.74) is 1.45. The Hall–Kier alpha value is -2.45. The third-order valence-electron chi connectivity index (χ3n) is 3.21. The Morgan fingerprint density at radius 3 is 2.73 bits per heavy atom. The van der Waals surface area contributed by atoms with Crippen molar-refractivity contribution < 1.29 is 19.2 Å². The van der Waals surface area contributed by atoms with Crippen LogP contribution in [0.3, 0.4) is 0 Å². The Balaban J connectivity index is 2.02. The van der Waals surface area contributed by atoms with E-state index in [1.807, 2.05) is 0 Å². The van der Waals surface area contributed by atoms with Gasteiger partial charge in [0.25, 0.3) is 5.69 Å². The first kappa shape index (κ1) is 15.9. The molecule has 22 heavy (non-hydrogen) atoms. The molecule has 2 aromatic rings. The molecule has 0 saturated heterocycles. The average molecular weight is 307 g/mol. The summed E-state index contributed by atoms with van der Waals surface area (Å²) in [5.74, 6) is -0.194. The molecule has 0 aliphatic rings. The van der Waals surface area contributed by atoms with Crippen molar-refractivity contribution in [1.82, 2.24) is 10.3 Å². The van der Waals surface area contributed by atoms with Gasteiger partial charge in [0.1, 0.15) is 0 Å². The highest BCUT2D eigenvalue weighted by atomic mass is 16.7. The molecule has 0 fully saturated rings. The minimum absolute atomic E-state index is 0.0190. The van der Waals surface area contributed by atoms with Crippen LogP contribution in [0.5, 0.6) is 0 Å². The third kappa shape index (κ3) is 3.80. The fourth-order valence-electron chi connectivity index (χ4n) is 2.08. The SMILES string of the molecule is COC(CNC(=O)Cc1cc2cc([N+](=O)[O-])ccc2[nH]1)OC. The van der Waals surface area contributed by atoms with Crippen molar-refractivity contribution in [3.05, 3.63) is 40.1 Å². The van der Waals surface area contributed by atoms with Gasteiger partial charge >= 0.3 is 0 Å². The summed E-state index contributed by atoms with van der Waals surface area (Å²) in [7, 11) is 2.98. The van der Waals surface area contributed by atoms with Crippen molar-refractivity contribution in [2.45, 2.75) is 12.7 Å². The number of aromatic nitrogens is 1. The Bertz CT molecular complexity index is 678. The van der Waals surface area contributed by atoms with Crippen LogP contribution in [0.2, 0.25) is 0 Å². The van der Waals surface area contributed by atoms with Crippen molar-refractivity contribution in [3.8, 4) is 0 Å². The molecule has 8 nitrogen and oxygen atoms in total. The summed E-state index contributed by atoms with van der Waals surface area (Å²) in [6.07, 6.45) is -0.350. The summed E-state index contributed by atoms with van der Waals surface area (Å²) < 4.78 is 9.95. The average Bonchev–Trinajstić information content (AvgIpc) is 2.89. The van der Waals surface area contributed by atoms with E-state index in [1.54, 1.807) is 12.1 Å². The number of carbonyl (C=O) groups is 1. The smallest absolute Gasteiger partial charge is 0.270 e. The lowest BCUT2D eigenvalue weighted by Crippen LogP contribution is -2.35. The van der Waals surface area contributed by atoms with Crippen molar-refractivity contribution in [1.29, 1.82) is 0 Å². The van der Waals surface area contributed by atoms with Crippen LogP contribution in [-0.4, -0.2) is 42.9 Å². The number of rotatable bonds is 7. The number of nitro benzene ring substituents is 1. The Kier molecular flexibility index (Phi) is 5.08. The molecule has 1 amide bonds. The number of methoxy groups -OCH3 is 2. The van der Waals surface area contributed by atoms with Gasteiger partial charge in [-0.05, 0) is 12.1 Å². The number of nitro groups is 1. The van der Waals surface area contributed by atoms with Gasteiger partial charge in [0.05, 0.1) is 17.9 Å². The molecule has 0 saturated carbocycles. The van der Waals surface area contributed by atoms with Gasteiger partial charge in [0.15, 0.2) is 6.29 Å². The number of benzene rings is 1. The molecular weight excluding hydrogens is 290 g/mol. The number of aromatic amines is 1. The summed E-state index contributed by atoms with van der Waals surface area (Å²) in [4.78, 5) is 25.2. The summed E-state index contributed by atoms with van der Waals surface area (Å²) in [6.45, 7) is 0.248. The first-order valence-electron chi connectivity index (χ1n) is 6.62. The van der Waals surface area contributed by atoms with E-state index in [0.29, 0.717) is 11.1 Å². The summed E-state index contributed by atoms with van der Waals surface area (Å²) >= 11 is 0. The van der Waals surface area contributed by atoms with E-state index in [-0.39, 0.29) is 24.6 Å². The maximum Gasteiger partial charge on any atom is 0.270 e. The molecular formula is C14H17N3O5. The van der Waals surface area contributed by atoms with Crippen LogP contribution in [0.1, 0.15) is 5.69 Å². The largest absolute Gasteiger partial charge is 0.358 e. The molecule has 8 heteroatoms. The van der Waals surface area contributed by atoms with Gasteiger partial charge in [-0.3, -0.25) is 14.9 Å². The predicted molar refractivity (Wildman–Crippen MR) is 79.5 cm³/mol. The van der Waals surface area contributed by atoms with Crippen molar-refractivity contribution >= 4 is 22.5 Å². The third-order valence-corrected chi connectivity index (χ3v) is 3.21. The van der Waals surface area contributed by atoms with Crippen LogP contribution in [0, 0.1) is 10.1 Å². The Morgan fingerprint density at radius 2 is 2.09 bits per heavy atom. The second-order valence-electron chi connectivity index (χ2n) is 4.71. The maximum atomic E-state index is 11.9. The molecule has 0 atom stereocenters. The van der Waals surface area contributed by atoms with Crippen LogP contribution in [-0.2, 0) is 20.7 Å². The van der Waals surface area contributed by atoms with Crippen LogP contribution in [0.15, 0.2) is 24.3 Å². The minimum atomic E-state index is -0.491. The van der Waals surface area contributed by atoms with E-state index in [9.17, 15) is 14.9 Å². The zero-order valence-corrected chi connectivity index (χ0v) is 12.3. The molecule has 0 unspecified atom stereocenters. The predicted octanol–water partition coefficient (Wildman–Crippen LogP) is 1.35. The quantitative estimate of drug-likeness (QED) is 0.456. The lowest BCUT2D eigenvalue weighted by atomic mass is 10.2. The second-order valence-corrected chi connectivity index (χ2v) is 4.71. The summed E-state index contributed by atoms with van der Waals surface area (Å²) in [6, 6.07) is 6.25. The Morgan fingerprint density at radius 1 is 1.36 bits per heavy atom. The molecule has 0 aliphatic heterocycles. The van der Waals surface area contributed by atoms with E-state index < -0.39 is 11.2 Å². The second kappa shape index (κ2) is 7.01. The molecule has 2 rings (SSSR count). The number of hydrogen-bond acceptors (Lipinski definition) is 5. The highest BCUT2D eigenvalue weighted by Crippen LogP contribution is 2.21. The van der Waals surface area contributed by atoms with E-state index in [0.717, 1.165) is 5.52 Å². The normalized spacial score (nSPS) is 11.0. The van der Waals surface area contributed by atoms with Crippen LogP contribution < -0.4 is 5.32 Å². The van der Waals surface area contributed by atoms with Gasteiger partial charge in [0, 0.05) is 42.9 Å². The van der Waals surface area contributed by atoms with E-state index in [4.69, 9.17) is 9.47 Å². The standard InChI is InChI=1S/C14H17N3O5/c1-21-14(22-2)8-15-13(18)7-10-5-9-6-11(17(19)20)3-4-12(9)16-10/h3-6,14,16H,7-8H2,1-2H3,(H,15,18). The molecule has 0 bridgehead atoms. The van der Waals surface area contributed by atoms with Crippen LogP contribution in [0.4, 0.5) is 5.69 Å². The molecule has 1 heterocycles. The lowest BCUT2D eigenvalue weighted by molar-refractivity contribution is -0.384. The Labute approximate surface area is 126 Å². The van der Waals surface area contributed by atoms with E-state index >= 15 is 0 Å². The van der Waals surface area contributed by atoms with Gasteiger partial charge in [0.2, 0.25) is 5.91 Å². The van der Waals surface area contributed by atoms with E-state index in [1.165, 1.54) is 26.4 Å². The van der Waals surface area contributed by atoms with Crippen LogP contribution in [0.25, 0.3) is 10.9 Å². The van der Waals surface area contributed by atoms with Gasteiger partial charge in [-0.25, -0.2) is 0 Å². The highest BCUT2D eigenvalue weighted by molar-refractivity contribution is 5.85. The maximum absolute atomic E-state index is 11.9. The number of non-ortho nitro benzene ring substituents is 1. The van der Waals surface area contributed by atoms with Crippen LogP contribution >= 0.6 is 0 Å². The highest BCUT2D eigenvalue weighted by Gasteiger charge is 2.12. The van der Waals surface area contributed by atoms with Gasteiger partial charge in [-0.1, -0.05) is 0 Å². The molecule has 118 valence electrons. The number of hydrogen-bond donors (Lipinski definition) is 2. The van der Waals surface area contributed by atoms with Gasteiger partial charge in [-0.15, -0.1) is 0 Å². The zero-order chi connectivity index (χ0) is 16.1. The first-order chi connectivity index (χ1) is 10.5. The molecule has 0 aliphatic carbocycles. The first-order valence-corrected chi connectivity index (χ1v) is 6.62. The number of nitrogens with zero attached hydrogens (tertiary/aromatic N) is 1. The fraction of sp³-hybridized carbons (Fsp3) is 0.357. The zero-order valence-electron chi connectivity index (χ0n) is 12.3. The van der Waals surface area contributed by atoms with Gasteiger partial charge < -0.3 is 19.8 Å². The molecule has 0 radical (unpaired) electrons. The van der Waals surface area contributed by atoms with E-state index in [2.05, 4.69) is 10.3 Å². The topological polar surface area (TPSA) is 106 Å². The number of fused-ring (bicyclic) bond motifs is 1. The molecule has 1 aromatic carbocycles. The number of carbonyl (C=O) groups excluding carboxylic acids is 1. The molecule has 1 aromatic heterocycles. The molecule has 2 N–H and O–H groups in total. The van der Waals surface area contributed by atoms with Crippen molar-refractivity contribution in [2.75, 3.05) is 20.8 Å². The number of amides is 1.